The standard InChI is InChI=1S/C10H13N3O5/c1-18-9(5-11)10(15)12-7-3-2-6(13(16)17)4-8(7)14/h2-4,9,14H,5,11H2,1H3,(H,12,15). The summed E-state index contributed by atoms with van der Waals surface area (Å²) < 4.78 is 4.81. The number of benzene rings is 1. The lowest BCUT2D eigenvalue weighted by Crippen LogP contribution is -2.35. The predicted molar refractivity (Wildman–Crippen MR) is 63.2 cm³/mol. The average molecular weight is 255 g/mol. The van der Waals surface area contributed by atoms with E-state index < -0.39 is 22.7 Å². The second-order valence-electron chi connectivity index (χ2n) is 3.41. The van der Waals surface area contributed by atoms with Crippen LogP contribution in [0, 0.1) is 10.1 Å². The molecule has 0 fully saturated rings. The van der Waals surface area contributed by atoms with Gasteiger partial charge in [0.25, 0.3) is 11.6 Å². The van der Waals surface area contributed by atoms with Crippen molar-refractivity contribution in [3.63, 3.8) is 0 Å². The van der Waals surface area contributed by atoms with Gasteiger partial charge in [0.2, 0.25) is 0 Å². The fraction of sp³-hybridized carbons (Fsp3) is 0.300. The zero-order valence-electron chi connectivity index (χ0n) is 9.62. The van der Waals surface area contributed by atoms with Crippen LogP contribution in [0.1, 0.15) is 0 Å². The number of phenolic OH excluding ortho intramolecular Hbond substituents is 1. The van der Waals surface area contributed by atoms with E-state index in [2.05, 4.69) is 5.32 Å². The van der Waals surface area contributed by atoms with Crippen molar-refractivity contribution in [2.45, 2.75) is 6.10 Å². The first kappa shape index (κ1) is 13.9. The summed E-state index contributed by atoms with van der Waals surface area (Å²) in [6.07, 6.45) is -0.848. The fourth-order valence-electron chi connectivity index (χ4n) is 1.26. The van der Waals surface area contributed by atoms with Crippen LogP contribution in [0.15, 0.2) is 18.2 Å². The maximum atomic E-state index is 11.6. The topological polar surface area (TPSA) is 128 Å². The predicted octanol–water partition coefficient (Wildman–Crippen LogP) is 0.213. The van der Waals surface area contributed by atoms with Gasteiger partial charge in [-0.2, -0.15) is 0 Å². The van der Waals surface area contributed by atoms with Crippen LogP contribution in [-0.4, -0.2) is 35.7 Å². The highest BCUT2D eigenvalue weighted by Gasteiger charge is 2.18. The van der Waals surface area contributed by atoms with Crippen molar-refractivity contribution in [1.82, 2.24) is 0 Å². The second-order valence-corrected chi connectivity index (χ2v) is 3.41. The normalized spacial score (nSPS) is 11.9. The quantitative estimate of drug-likeness (QED) is 0.392. The first-order valence-electron chi connectivity index (χ1n) is 5.00. The molecule has 1 rings (SSSR count). The van der Waals surface area contributed by atoms with Gasteiger partial charge in [-0.25, -0.2) is 0 Å². The summed E-state index contributed by atoms with van der Waals surface area (Å²) in [4.78, 5) is 21.4. The number of carbonyl (C=O) groups is 1. The summed E-state index contributed by atoms with van der Waals surface area (Å²) in [6.45, 7) is -0.0178. The summed E-state index contributed by atoms with van der Waals surface area (Å²) in [7, 11) is 1.33. The van der Waals surface area contributed by atoms with Crippen LogP contribution in [-0.2, 0) is 9.53 Å². The Morgan fingerprint density at radius 3 is 2.78 bits per heavy atom. The molecule has 1 amide bonds. The first-order valence-corrected chi connectivity index (χ1v) is 5.00. The fourth-order valence-corrected chi connectivity index (χ4v) is 1.26. The van der Waals surface area contributed by atoms with Crippen LogP contribution in [0.5, 0.6) is 5.75 Å². The number of rotatable bonds is 5. The number of nitro benzene ring substituents is 1. The number of hydrogen-bond donors (Lipinski definition) is 3. The van der Waals surface area contributed by atoms with Crippen LogP contribution in [0.4, 0.5) is 11.4 Å². The van der Waals surface area contributed by atoms with Gasteiger partial charge in [0.15, 0.2) is 0 Å². The molecule has 0 aliphatic carbocycles. The van der Waals surface area contributed by atoms with Gasteiger partial charge in [-0.05, 0) is 6.07 Å². The molecular formula is C10H13N3O5. The molecule has 0 aromatic heterocycles. The summed E-state index contributed by atoms with van der Waals surface area (Å²) in [6, 6.07) is 3.34. The van der Waals surface area contributed by atoms with Gasteiger partial charge in [-0.3, -0.25) is 14.9 Å². The number of methoxy groups -OCH3 is 1. The minimum atomic E-state index is -0.848. The number of amides is 1. The van der Waals surface area contributed by atoms with Gasteiger partial charge in [-0.15, -0.1) is 0 Å². The number of nitrogens with one attached hydrogen (secondary N) is 1. The molecule has 0 saturated carbocycles. The number of nitrogens with two attached hydrogens (primary N) is 1. The summed E-state index contributed by atoms with van der Waals surface area (Å²) in [5.74, 6) is -0.937. The lowest BCUT2D eigenvalue weighted by Gasteiger charge is -2.13. The van der Waals surface area contributed by atoms with Gasteiger partial charge < -0.3 is 20.9 Å². The summed E-state index contributed by atoms with van der Waals surface area (Å²) in [5.41, 5.74) is 5.09. The molecule has 0 heterocycles. The Hall–Kier alpha value is -2.19. The third-order valence-corrected chi connectivity index (χ3v) is 2.24. The third kappa shape index (κ3) is 3.15. The average Bonchev–Trinajstić information content (AvgIpc) is 2.33. The molecule has 4 N–H and O–H groups in total. The number of non-ortho nitro benzene ring substituents is 1. The summed E-state index contributed by atoms with van der Waals surface area (Å²) in [5, 5.41) is 22.3. The Labute approximate surface area is 103 Å². The highest BCUT2D eigenvalue weighted by atomic mass is 16.6. The molecule has 8 heteroatoms. The van der Waals surface area contributed by atoms with E-state index in [-0.39, 0.29) is 17.9 Å². The Balaban J connectivity index is 2.86. The zero-order chi connectivity index (χ0) is 13.7. The molecule has 18 heavy (non-hydrogen) atoms. The van der Waals surface area contributed by atoms with Crippen molar-refractivity contribution in [2.75, 3.05) is 19.0 Å². The number of nitro groups is 1. The lowest BCUT2D eigenvalue weighted by molar-refractivity contribution is -0.384. The molecule has 8 nitrogen and oxygen atoms in total. The van der Waals surface area contributed by atoms with Crippen LogP contribution in [0.3, 0.4) is 0 Å². The Kier molecular flexibility index (Phi) is 4.58. The van der Waals surface area contributed by atoms with E-state index in [0.29, 0.717) is 0 Å². The van der Waals surface area contributed by atoms with Gasteiger partial charge in [0.1, 0.15) is 11.9 Å². The van der Waals surface area contributed by atoms with Crippen LogP contribution in [0.25, 0.3) is 0 Å². The van der Waals surface area contributed by atoms with Crippen molar-refractivity contribution in [3.8, 4) is 5.75 Å². The number of nitrogens with zero attached hydrogens (tertiary/aromatic N) is 1. The molecule has 0 bridgehead atoms. The highest BCUT2D eigenvalue weighted by molar-refractivity contribution is 5.95. The largest absolute Gasteiger partial charge is 0.506 e. The number of carbonyl (C=O) groups excluding carboxylic acids is 1. The molecule has 0 saturated heterocycles. The minimum Gasteiger partial charge on any atom is -0.506 e. The Morgan fingerprint density at radius 2 is 2.33 bits per heavy atom. The van der Waals surface area contributed by atoms with Crippen molar-refractivity contribution < 1.29 is 19.6 Å². The number of aromatic hydroxyl groups is 1. The number of phenols is 1. The SMILES string of the molecule is COC(CN)C(=O)Nc1ccc([N+](=O)[O-])cc1O. The van der Waals surface area contributed by atoms with Crippen LogP contribution in [0.2, 0.25) is 0 Å². The Morgan fingerprint density at radius 1 is 1.67 bits per heavy atom. The van der Waals surface area contributed by atoms with Gasteiger partial charge in [0.05, 0.1) is 16.7 Å². The molecule has 0 aliphatic heterocycles. The number of anilines is 1. The first-order chi connectivity index (χ1) is 8.49. The van der Waals surface area contributed by atoms with E-state index in [0.717, 1.165) is 6.07 Å². The Bertz CT molecular complexity index is 459. The highest BCUT2D eigenvalue weighted by Crippen LogP contribution is 2.27. The van der Waals surface area contributed by atoms with E-state index in [1.807, 2.05) is 0 Å². The van der Waals surface area contributed by atoms with Crippen molar-refractivity contribution in [2.24, 2.45) is 5.73 Å². The zero-order valence-corrected chi connectivity index (χ0v) is 9.62. The van der Waals surface area contributed by atoms with E-state index in [1.54, 1.807) is 0 Å². The van der Waals surface area contributed by atoms with Crippen molar-refractivity contribution in [1.29, 1.82) is 0 Å². The van der Waals surface area contributed by atoms with Gasteiger partial charge in [-0.1, -0.05) is 0 Å². The molecule has 0 radical (unpaired) electrons. The second kappa shape index (κ2) is 5.94. The molecule has 98 valence electrons. The monoisotopic (exact) mass is 255 g/mol. The third-order valence-electron chi connectivity index (χ3n) is 2.24. The molecule has 1 unspecified atom stereocenters. The lowest BCUT2D eigenvalue weighted by atomic mass is 10.2. The maximum Gasteiger partial charge on any atom is 0.273 e. The minimum absolute atomic E-state index is 0.0178. The van der Waals surface area contributed by atoms with Crippen LogP contribution >= 0.6 is 0 Å². The maximum absolute atomic E-state index is 11.6. The van der Waals surface area contributed by atoms with E-state index in [1.165, 1.54) is 19.2 Å². The van der Waals surface area contributed by atoms with Crippen molar-refractivity contribution in [3.05, 3.63) is 28.3 Å². The summed E-state index contributed by atoms with van der Waals surface area (Å²) >= 11 is 0. The van der Waals surface area contributed by atoms with Gasteiger partial charge in [0, 0.05) is 19.7 Å². The molecule has 1 aromatic rings. The number of hydrogen-bond acceptors (Lipinski definition) is 6. The molecule has 0 spiro atoms. The van der Waals surface area contributed by atoms with Crippen LogP contribution < -0.4 is 11.1 Å². The number of ether oxygens (including phenoxy) is 1. The smallest absolute Gasteiger partial charge is 0.273 e. The van der Waals surface area contributed by atoms with Gasteiger partial charge >= 0.3 is 0 Å². The van der Waals surface area contributed by atoms with Crippen molar-refractivity contribution >= 4 is 17.3 Å². The molecular weight excluding hydrogens is 242 g/mol. The molecule has 1 atom stereocenters. The van der Waals surface area contributed by atoms with E-state index in [9.17, 15) is 20.0 Å². The molecule has 1 aromatic carbocycles. The van der Waals surface area contributed by atoms with E-state index >= 15 is 0 Å². The molecule has 0 aliphatic rings. The van der Waals surface area contributed by atoms with E-state index in [4.69, 9.17) is 10.5 Å².